The van der Waals surface area contributed by atoms with E-state index in [2.05, 4.69) is 51.6 Å². The molecular weight excluding hydrogens is 372 g/mol. The van der Waals surface area contributed by atoms with E-state index in [9.17, 15) is 4.79 Å². The van der Waals surface area contributed by atoms with Crippen molar-refractivity contribution >= 4 is 24.5 Å². The number of rotatable bonds is 7. The van der Waals surface area contributed by atoms with Crippen LogP contribution in [0.5, 0.6) is 0 Å². The normalized spacial score (nSPS) is 12.9. The average molecular weight is 401 g/mol. The van der Waals surface area contributed by atoms with Crippen LogP contribution in [0.3, 0.4) is 0 Å². The lowest BCUT2D eigenvalue weighted by atomic mass is 10.1. The van der Waals surface area contributed by atoms with Gasteiger partial charge in [-0.05, 0) is 27.1 Å². The van der Waals surface area contributed by atoms with E-state index in [1.807, 2.05) is 66.7 Å². The maximum absolute atomic E-state index is 13.0. The Labute approximate surface area is 175 Å². The van der Waals surface area contributed by atoms with Crippen molar-refractivity contribution in [2.45, 2.75) is 31.9 Å². The molecule has 0 saturated heterocycles. The highest BCUT2D eigenvalue weighted by Crippen LogP contribution is 2.40. The molecule has 0 N–H and O–H groups in total. The van der Waals surface area contributed by atoms with Crippen LogP contribution in [0, 0.1) is 0 Å². The Morgan fingerprint density at radius 2 is 1.24 bits per heavy atom. The minimum absolute atomic E-state index is 0.121. The molecule has 0 aliphatic rings. The van der Waals surface area contributed by atoms with Gasteiger partial charge in [-0.2, -0.15) is 0 Å². The summed E-state index contributed by atoms with van der Waals surface area (Å²) >= 11 is 0. The van der Waals surface area contributed by atoms with Gasteiger partial charge in [-0.1, -0.05) is 118 Å². The van der Waals surface area contributed by atoms with Crippen molar-refractivity contribution in [3.05, 3.63) is 109 Å². The Bertz CT molecular complexity index is 905. The summed E-state index contributed by atoms with van der Waals surface area (Å²) in [6.45, 7) is 10.4. The molecule has 0 saturated carbocycles. The number of benzene rings is 3. The van der Waals surface area contributed by atoms with Gasteiger partial charge < -0.3 is 4.43 Å². The van der Waals surface area contributed by atoms with E-state index in [0.717, 1.165) is 15.9 Å². The second-order valence-corrected chi connectivity index (χ2v) is 12.4. The molecule has 3 aromatic carbocycles. The van der Waals surface area contributed by atoms with Gasteiger partial charge in [0.2, 0.25) is 0 Å². The molecule has 0 amide bonds. The molecule has 0 aliphatic carbocycles. The van der Waals surface area contributed by atoms with Crippen LogP contribution in [-0.4, -0.2) is 14.1 Å². The lowest BCUT2D eigenvalue weighted by Crippen LogP contribution is -2.67. The van der Waals surface area contributed by atoms with Gasteiger partial charge in [0.05, 0.1) is 0 Å². The zero-order valence-corrected chi connectivity index (χ0v) is 18.3. The third-order valence-electron chi connectivity index (χ3n) is 5.27. The molecule has 2 nitrogen and oxygen atoms in total. The molecule has 0 aromatic heterocycles. The van der Waals surface area contributed by atoms with Crippen LogP contribution in [-0.2, 0) is 9.22 Å². The smallest absolute Gasteiger partial charge is 0.262 e. The molecule has 0 spiro atoms. The lowest BCUT2D eigenvalue weighted by molar-refractivity contribution is -0.121. The summed E-state index contributed by atoms with van der Waals surface area (Å²) in [5, 5.41) is 2.09. The Morgan fingerprint density at radius 3 is 1.62 bits per heavy atom. The molecule has 0 aliphatic heterocycles. The number of hydrogen-bond donors (Lipinski definition) is 0. The van der Waals surface area contributed by atoms with Crippen molar-refractivity contribution in [3.8, 4) is 0 Å². The molecule has 148 valence electrons. The monoisotopic (exact) mass is 400 g/mol. The first-order valence-electron chi connectivity index (χ1n) is 9.90. The molecule has 0 unspecified atom stereocenters. The predicted molar refractivity (Wildman–Crippen MR) is 123 cm³/mol. The van der Waals surface area contributed by atoms with Gasteiger partial charge in [0, 0.05) is 0 Å². The van der Waals surface area contributed by atoms with E-state index in [1.165, 1.54) is 6.08 Å². The zero-order chi connectivity index (χ0) is 20.9. The van der Waals surface area contributed by atoms with Crippen LogP contribution in [0.4, 0.5) is 0 Å². The second kappa shape index (κ2) is 8.72. The van der Waals surface area contributed by atoms with Crippen molar-refractivity contribution < 1.29 is 9.22 Å². The van der Waals surface area contributed by atoms with Crippen LogP contribution < -0.4 is 10.4 Å². The first kappa shape index (κ1) is 21.0. The molecule has 0 fully saturated rings. The van der Waals surface area contributed by atoms with Gasteiger partial charge >= 0.3 is 0 Å². The van der Waals surface area contributed by atoms with Crippen LogP contribution in [0.15, 0.2) is 104 Å². The SMILES string of the molecule is C=CC(=O)[C@H](O[Si](c1ccccc1)(c1ccccc1)C(C)(C)C)c1ccccc1. The van der Waals surface area contributed by atoms with Gasteiger partial charge in [0.1, 0.15) is 6.10 Å². The third kappa shape index (κ3) is 4.16. The summed E-state index contributed by atoms with van der Waals surface area (Å²) in [5.74, 6) is -0.121. The van der Waals surface area contributed by atoms with Gasteiger partial charge in [-0.15, -0.1) is 0 Å². The fourth-order valence-corrected chi connectivity index (χ4v) is 8.51. The fourth-order valence-electron chi connectivity index (χ4n) is 3.89. The number of ketones is 1. The van der Waals surface area contributed by atoms with E-state index in [4.69, 9.17) is 4.43 Å². The van der Waals surface area contributed by atoms with Crippen LogP contribution in [0.25, 0.3) is 0 Å². The van der Waals surface area contributed by atoms with Crippen LogP contribution >= 0.6 is 0 Å². The Balaban J connectivity index is 2.27. The van der Waals surface area contributed by atoms with Gasteiger partial charge in [0.15, 0.2) is 5.78 Å². The number of carbonyl (C=O) groups is 1. The summed E-state index contributed by atoms with van der Waals surface area (Å²) in [4.78, 5) is 13.0. The highest BCUT2D eigenvalue weighted by atomic mass is 28.4. The average Bonchev–Trinajstić information content (AvgIpc) is 2.75. The van der Waals surface area contributed by atoms with Crippen molar-refractivity contribution in [2.75, 3.05) is 0 Å². The summed E-state index contributed by atoms with van der Waals surface area (Å²) < 4.78 is 7.03. The van der Waals surface area contributed by atoms with Crippen molar-refractivity contribution in [1.29, 1.82) is 0 Å². The third-order valence-corrected chi connectivity index (χ3v) is 10.3. The minimum atomic E-state index is -2.84. The van der Waals surface area contributed by atoms with E-state index in [-0.39, 0.29) is 10.8 Å². The molecule has 0 heterocycles. The first-order valence-corrected chi connectivity index (χ1v) is 11.8. The van der Waals surface area contributed by atoms with Gasteiger partial charge in [-0.25, -0.2) is 0 Å². The van der Waals surface area contributed by atoms with Gasteiger partial charge in [0.25, 0.3) is 8.32 Å². The molecule has 29 heavy (non-hydrogen) atoms. The quantitative estimate of drug-likeness (QED) is 0.409. The van der Waals surface area contributed by atoms with Crippen LogP contribution in [0.1, 0.15) is 32.4 Å². The molecule has 3 aromatic rings. The maximum atomic E-state index is 13.0. The summed E-state index contributed by atoms with van der Waals surface area (Å²) in [7, 11) is -2.84. The highest BCUT2D eigenvalue weighted by molar-refractivity contribution is 6.99. The molecule has 3 rings (SSSR count). The molecule has 1 atom stereocenters. The molecule has 0 bridgehead atoms. The topological polar surface area (TPSA) is 26.3 Å². The molecule has 3 heteroatoms. The largest absolute Gasteiger partial charge is 0.393 e. The number of hydrogen-bond acceptors (Lipinski definition) is 2. The first-order chi connectivity index (χ1) is 13.9. The minimum Gasteiger partial charge on any atom is -0.393 e. The second-order valence-electron chi connectivity index (χ2n) is 8.18. The standard InChI is InChI=1S/C26H28O2Si/c1-5-24(27)25(21-15-9-6-10-16-21)28-29(26(2,3)4,22-17-11-7-12-18-22)23-19-13-8-14-20-23/h5-20,25H,1H2,2-4H3/t25-/m1/s1. The van der Waals surface area contributed by atoms with Crippen molar-refractivity contribution in [2.24, 2.45) is 0 Å². The Kier molecular flexibility index (Phi) is 6.31. The summed E-state index contributed by atoms with van der Waals surface area (Å²) in [5.41, 5.74) is 0.852. The van der Waals surface area contributed by atoms with E-state index >= 15 is 0 Å². The summed E-state index contributed by atoms with van der Waals surface area (Å²) in [6, 6.07) is 30.4. The van der Waals surface area contributed by atoms with E-state index in [0.29, 0.717) is 0 Å². The zero-order valence-electron chi connectivity index (χ0n) is 17.3. The van der Waals surface area contributed by atoms with Crippen LogP contribution in [0.2, 0.25) is 5.04 Å². The van der Waals surface area contributed by atoms with E-state index < -0.39 is 14.4 Å². The lowest BCUT2D eigenvalue weighted by Gasteiger charge is -2.44. The maximum Gasteiger partial charge on any atom is 0.262 e. The molecular formula is C26H28O2Si. The Hall–Kier alpha value is -2.75. The molecule has 0 radical (unpaired) electrons. The predicted octanol–water partition coefficient (Wildman–Crippen LogP) is 5.06. The Morgan fingerprint density at radius 1 is 0.828 bits per heavy atom. The summed E-state index contributed by atoms with van der Waals surface area (Å²) in [6.07, 6.45) is 0.676. The number of carbonyl (C=O) groups excluding carboxylic acids is 1. The van der Waals surface area contributed by atoms with Crippen molar-refractivity contribution in [3.63, 3.8) is 0 Å². The highest BCUT2D eigenvalue weighted by Gasteiger charge is 2.52. The van der Waals surface area contributed by atoms with E-state index in [1.54, 1.807) is 0 Å². The van der Waals surface area contributed by atoms with Crippen molar-refractivity contribution in [1.82, 2.24) is 0 Å². The fraction of sp³-hybridized carbons (Fsp3) is 0.192. The van der Waals surface area contributed by atoms with Gasteiger partial charge in [-0.3, -0.25) is 4.79 Å².